The smallest absolute Gasteiger partial charge is 0.166 e. The molecule has 3 heteroatoms. The van der Waals surface area contributed by atoms with E-state index in [4.69, 9.17) is 12.2 Å². The van der Waals surface area contributed by atoms with E-state index in [2.05, 4.69) is 49.6 Å². The molecule has 2 rings (SSSR count). The Labute approximate surface area is 109 Å². The van der Waals surface area contributed by atoms with Crippen LogP contribution < -0.4 is 10.6 Å². The zero-order valence-corrected chi connectivity index (χ0v) is 11.5. The second kappa shape index (κ2) is 5.05. The summed E-state index contributed by atoms with van der Waals surface area (Å²) in [5.41, 5.74) is 3.95. The Bertz CT molecular complexity index is 424. The Balaban J connectivity index is 1.95. The molecule has 1 aliphatic rings. The van der Waals surface area contributed by atoms with Gasteiger partial charge in [-0.1, -0.05) is 18.2 Å². The second-order valence-corrected chi connectivity index (χ2v) is 5.37. The Morgan fingerprint density at radius 2 is 2.00 bits per heavy atom. The van der Waals surface area contributed by atoms with Crippen molar-refractivity contribution in [3.8, 4) is 0 Å². The van der Waals surface area contributed by atoms with Crippen molar-refractivity contribution in [1.82, 2.24) is 10.6 Å². The second-order valence-electron chi connectivity index (χ2n) is 4.96. The van der Waals surface area contributed by atoms with Gasteiger partial charge < -0.3 is 10.6 Å². The molecule has 0 bridgehead atoms. The third-order valence-electron chi connectivity index (χ3n) is 3.29. The summed E-state index contributed by atoms with van der Waals surface area (Å²) in [6.07, 6.45) is 2.50. The van der Waals surface area contributed by atoms with Gasteiger partial charge in [-0.25, -0.2) is 0 Å². The summed E-state index contributed by atoms with van der Waals surface area (Å²) in [5, 5.41) is 7.41. The molecule has 0 heterocycles. The molecule has 2 nitrogen and oxygen atoms in total. The molecule has 1 aromatic rings. The van der Waals surface area contributed by atoms with E-state index < -0.39 is 0 Å². The number of nitrogens with one attached hydrogen (secondary N) is 2. The first kappa shape index (κ1) is 12.4. The molecule has 1 aliphatic carbocycles. The summed E-state index contributed by atoms with van der Waals surface area (Å²) in [5.74, 6) is 0. The molecule has 1 unspecified atom stereocenters. The van der Waals surface area contributed by atoms with Gasteiger partial charge in [0.2, 0.25) is 0 Å². The highest BCUT2D eigenvalue weighted by Crippen LogP contribution is 2.19. The molecule has 0 amide bonds. The first-order chi connectivity index (χ1) is 8.06. The van der Waals surface area contributed by atoms with Gasteiger partial charge in [0.1, 0.15) is 0 Å². The quantitative estimate of drug-likeness (QED) is 0.804. The molecule has 1 saturated carbocycles. The normalized spacial score (nSPS) is 16.4. The van der Waals surface area contributed by atoms with E-state index in [9.17, 15) is 0 Å². The SMILES string of the molecule is Cc1ccc(C(C)NC(=S)NC2CC2)cc1C. The fourth-order valence-corrected chi connectivity index (χ4v) is 2.11. The van der Waals surface area contributed by atoms with Crippen LogP contribution in [0.1, 0.15) is 42.5 Å². The van der Waals surface area contributed by atoms with Gasteiger partial charge in [0, 0.05) is 6.04 Å². The van der Waals surface area contributed by atoms with E-state index in [1.165, 1.54) is 29.5 Å². The molecule has 0 saturated heterocycles. The van der Waals surface area contributed by atoms with Crippen LogP contribution in [0.5, 0.6) is 0 Å². The number of aryl methyl sites for hydroxylation is 2. The Hall–Kier alpha value is -1.09. The molecule has 92 valence electrons. The lowest BCUT2D eigenvalue weighted by atomic mass is 10.0. The van der Waals surface area contributed by atoms with Crippen LogP contribution in [0.4, 0.5) is 0 Å². The standard InChI is InChI=1S/C14H20N2S/c1-9-4-5-12(8-10(9)2)11(3)15-14(17)16-13-6-7-13/h4-5,8,11,13H,6-7H2,1-3H3,(H2,15,16,17). The van der Waals surface area contributed by atoms with Crippen molar-refractivity contribution in [2.45, 2.75) is 45.7 Å². The van der Waals surface area contributed by atoms with Gasteiger partial charge in [-0.15, -0.1) is 0 Å². The first-order valence-corrected chi connectivity index (χ1v) is 6.61. The first-order valence-electron chi connectivity index (χ1n) is 6.20. The summed E-state index contributed by atoms with van der Waals surface area (Å²) in [7, 11) is 0. The fraction of sp³-hybridized carbons (Fsp3) is 0.500. The maximum Gasteiger partial charge on any atom is 0.166 e. The maximum atomic E-state index is 5.28. The predicted octanol–water partition coefficient (Wildman–Crippen LogP) is 2.99. The van der Waals surface area contributed by atoms with Crippen molar-refractivity contribution < 1.29 is 0 Å². The van der Waals surface area contributed by atoms with Crippen molar-refractivity contribution >= 4 is 17.3 Å². The third-order valence-corrected chi connectivity index (χ3v) is 3.53. The van der Waals surface area contributed by atoms with Crippen LogP contribution in [-0.4, -0.2) is 11.2 Å². The van der Waals surface area contributed by atoms with Crippen molar-refractivity contribution in [1.29, 1.82) is 0 Å². The number of hydrogen-bond donors (Lipinski definition) is 2. The van der Waals surface area contributed by atoms with Crippen LogP contribution in [0, 0.1) is 13.8 Å². The molecule has 0 radical (unpaired) electrons. The average Bonchev–Trinajstić information content (AvgIpc) is 3.05. The van der Waals surface area contributed by atoms with Crippen LogP contribution in [0.3, 0.4) is 0 Å². The van der Waals surface area contributed by atoms with Crippen LogP contribution in [0.25, 0.3) is 0 Å². The van der Waals surface area contributed by atoms with Gasteiger partial charge in [0.15, 0.2) is 5.11 Å². The van der Waals surface area contributed by atoms with Crippen molar-refractivity contribution in [2.75, 3.05) is 0 Å². The number of benzene rings is 1. The molecule has 0 aromatic heterocycles. The van der Waals surface area contributed by atoms with E-state index in [1.807, 2.05) is 0 Å². The van der Waals surface area contributed by atoms with Gasteiger partial charge in [-0.3, -0.25) is 0 Å². The lowest BCUT2D eigenvalue weighted by Gasteiger charge is -2.18. The lowest BCUT2D eigenvalue weighted by molar-refractivity contribution is 0.696. The third kappa shape index (κ3) is 3.43. The average molecular weight is 248 g/mol. The van der Waals surface area contributed by atoms with E-state index in [1.54, 1.807) is 0 Å². The van der Waals surface area contributed by atoms with Gasteiger partial charge >= 0.3 is 0 Å². The molecule has 0 spiro atoms. The minimum atomic E-state index is 0.257. The summed E-state index contributed by atoms with van der Waals surface area (Å²) >= 11 is 5.28. The van der Waals surface area contributed by atoms with Crippen molar-refractivity contribution in [3.63, 3.8) is 0 Å². The van der Waals surface area contributed by atoms with Crippen LogP contribution in [0.15, 0.2) is 18.2 Å². The highest BCUT2D eigenvalue weighted by Gasteiger charge is 2.22. The maximum absolute atomic E-state index is 5.28. The number of thiocarbonyl (C=S) groups is 1. The van der Waals surface area contributed by atoms with Crippen LogP contribution >= 0.6 is 12.2 Å². The highest BCUT2D eigenvalue weighted by atomic mass is 32.1. The fourth-order valence-electron chi connectivity index (χ4n) is 1.77. The largest absolute Gasteiger partial charge is 0.360 e. The highest BCUT2D eigenvalue weighted by molar-refractivity contribution is 7.80. The van der Waals surface area contributed by atoms with Gasteiger partial charge in [0.05, 0.1) is 6.04 Å². The Morgan fingerprint density at radius 3 is 2.59 bits per heavy atom. The molecule has 17 heavy (non-hydrogen) atoms. The van der Waals surface area contributed by atoms with E-state index in [0.29, 0.717) is 6.04 Å². The van der Waals surface area contributed by atoms with Gasteiger partial charge in [0.25, 0.3) is 0 Å². The molecule has 1 atom stereocenters. The number of rotatable bonds is 3. The van der Waals surface area contributed by atoms with Gasteiger partial charge in [-0.2, -0.15) is 0 Å². The zero-order chi connectivity index (χ0) is 12.4. The van der Waals surface area contributed by atoms with Crippen molar-refractivity contribution in [3.05, 3.63) is 34.9 Å². The monoisotopic (exact) mass is 248 g/mol. The van der Waals surface area contributed by atoms with Crippen LogP contribution in [0.2, 0.25) is 0 Å². The summed E-state index contributed by atoms with van der Waals surface area (Å²) in [4.78, 5) is 0. The molecule has 0 aliphatic heterocycles. The molecular weight excluding hydrogens is 228 g/mol. The predicted molar refractivity (Wildman–Crippen MR) is 76.2 cm³/mol. The minimum Gasteiger partial charge on any atom is -0.360 e. The number of hydrogen-bond acceptors (Lipinski definition) is 1. The molecule has 1 fully saturated rings. The van der Waals surface area contributed by atoms with Crippen LogP contribution in [-0.2, 0) is 0 Å². The van der Waals surface area contributed by atoms with E-state index >= 15 is 0 Å². The summed E-state index contributed by atoms with van der Waals surface area (Å²) in [6.45, 7) is 6.42. The minimum absolute atomic E-state index is 0.257. The summed E-state index contributed by atoms with van der Waals surface area (Å²) in [6, 6.07) is 7.43. The van der Waals surface area contributed by atoms with E-state index in [-0.39, 0.29) is 6.04 Å². The molecular formula is C14H20N2S. The van der Waals surface area contributed by atoms with Gasteiger partial charge in [-0.05, 0) is 62.5 Å². The topological polar surface area (TPSA) is 24.1 Å². The Kier molecular flexibility index (Phi) is 3.67. The Morgan fingerprint density at radius 1 is 1.29 bits per heavy atom. The molecule has 2 N–H and O–H groups in total. The lowest BCUT2D eigenvalue weighted by Crippen LogP contribution is -2.37. The van der Waals surface area contributed by atoms with Crippen molar-refractivity contribution in [2.24, 2.45) is 0 Å². The van der Waals surface area contributed by atoms with E-state index in [0.717, 1.165) is 5.11 Å². The zero-order valence-electron chi connectivity index (χ0n) is 10.7. The summed E-state index contributed by atoms with van der Waals surface area (Å²) < 4.78 is 0. The molecule has 1 aromatic carbocycles.